The van der Waals surface area contributed by atoms with Crippen molar-refractivity contribution >= 4 is 17.5 Å². The van der Waals surface area contributed by atoms with Crippen LogP contribution in [0.25, 0.3) is 0 Å². The third-order valence-corrected chi connectivity index (χ3v) is 3.43. The summed E-state index contributed by atoms with van der Waals surface area (Å²) in [5.41, 5.74) is 1.19. The molecule has 20 heavy (non-hydrogen) atoms. The fraction of sp³-hybridized carbons (Fsp3) is 0.400. The Morgan fingerprint density at radius 1 is 1.40 bits per heavy atom. The van der Waals surface area contributed by atoms with Crippen molar-refractivity contribution in [3.05, 3.63) is 29.8 Å². The van der Waals surface area contributed by atoms with Crippen molar-refractivity contribution in [3.8, 4) is 6.07 Å². The molecule has 0 aromatic heterocycles. The van der Waals surface area contributed by atoms with Crippen molar-refractivity contribution in [2.45, 2.75) is 26.3 Å². The number of nitrogens with zero attached hydrogens (tertiary/aromatic N) is 2. The van der Waals surface area contributed by atoms with Crippen LogP contribution in [0, 0.1) is 17.2 Å². The normalized spacial score (nSPS) is 18.2. The van der Waals surface area contributed by atoms with Crippen LogP contribution >= 0.6 is 0 Å². The Balaban J connectivity index is 1.99. The molecule has 1 aliphatic heterocycles. The molecule has 5 nitrogen and oxygen atoms in total. The lowest BCUT2D eigenvalue weighted by Gasteiger charge is -2.20. The number of carbonyl (C=O) groups is 2. The fourth-order valence-corrected chi connectivity index (χ4v) is 2.28. The molecule has 0 saturated carbocycles. The molecule has 1 N–H and O–H groups in total. The van der Waals surface area contributed by atoms with E-state index in [4.69, 9.17) is 5.26 Å². The Labute approximate surface area is 118 Å². The first-order valence-corrected chi connectivity index (χ1v) is 6.61. The molecule has 2 amide bonds. The summed E-state index contributed by atoms with van der Waals surface area (Å²) in [5.74, 6) is -0.424. The Morgan fingerprint density at radius 2 is 2.05 bits per heavy atom. The molecule has 1 atom stereocenters. The van der Waals surface area contributed by atoms with Crippen molar-refractivity contribution in [3.63, 3.8) is 0 Å². The molecule has 1 saturated heterocycles. The van der Waals surface area contributed by atoms with E-state index in [2.05, 4.69) is 5.32 Å². The number of rotatable bonds is 3. The van der Waals surface area contributed by atoms with Gasteiger partial charge in [0.25, 0.3) is 0 Å². The maximum atomic E-state index is 12.1. The molecule has 0 radical (unpaired) electrons. The lowest BCUT2D eigenvalue weighted by Crippen LogP contribution is -2.33. The van der Waals surface area contributed by atoms with Crippen molar-refractivity contribution in [1.29, 1.82) is 5.26 Å². The van der Waals surface area contributed by atoms with Crippen LogP contribution in [0.3, 0.4) is 0 Å². The predicted octanol–water partition coefficient (Wildman–Crippen LogP) is 1.75. The Morgan fingerprint density at radius 3 is 2.55 bits per heavy atom. The second-order valence-corrected chi connectivity index (χ2v) is 5.22. The van der Waals surface area contributed by atoms with Crippen LogP contribution in [0.2, 0.25) is 0 Å². The summed E-state index contributed by atoms with van der Waals surface area (Å²) in [6, 6.07) is 8.82. The highest BCUT2D eigenvalue weighted by Gasteiger charge is 2.35. The zero-order chi connectivity index (χ0) is 14.7. The number of hydrogen-bond donors (Lipinski definition) is 1. The van der Waals surface area contributed by atoms with Gasteiger partial charge in [0.15, 0.2) is 0 Å². The number of likely N-dealkylation sites (tertiary alicyclic amines) is 1. The predicted molar refractivity (Wildman–Crippen MR) is 74.7 cm³/mol. The van der Waals surface area contributed by atoms with Gasteiger partial charge < -0.3 is 10.2 Å². The zero-order valence-electron chi connectivity index (χ0n) is 11.6. The minimum Gasteiger partial charge on any atom is -0.339 e. The summed E-state index contributed by atoms with van der Waals surface area (Å²) in [4.78, 5) is 25.6. The SMILES string of the molecule is CC(C)N1C[C@H](C(=O)Nc2ccc(C#N)cc2)CC1=O. The van der Waals surface area contributed by atoms with Gasteiger partial charge in [0.2, 0.25) is 11.8 Å². The van der Waals surface area contributed by atoms with Crippen LogP contribution in [0.1, 0.15) is 25.8 Å². The van der Waals surface area contributed by atoms with E-state index in [-0.39, 0.29) is 30.2 Å². The van der Waals surface area contributed by atoms with E-state index in [0.717, 1.165) is 0 Å². The van der Waals surface area contributed by atoms with E-state index in [1.165, 1.54) is 0 Å². The third-order valence-electron chi connectivity index (χ3n) is 3.43. The number of nitrogens with one attached hydrogen (secondary N) is 1. The number of benzene rings is 1. The van der Waals surface area contributed by atoms with Crippen LogP contribution in [0.4, 0.5) is 5.69 Å². The number of nitriles is 1. The third kappa shape index (κ3) is 2.97. The Bertz CT molecular complexity index is 557. The summed E-state index contributed by atoms with van der Waals surface area (Å²) in [5, 5.41) is 11.5. The molecule has 1 aliphatic rings. The molecule has 1 aromatic carbocycles. The molecule has 104 valence electrons. The quantitative estimate of drug-likeness (QED) is 0.910. The summed E-state index contributed by atoms with van der Waals surface area (Å²) < 4.78 is 0. The second kappa shape index (κ2) is 5.74. The highest BCUT2D eigenvalue weighted by molar-refractivity contribution is 5.97. The van der Waals surface area contributed by atoms with E-state index in [0.29, 0.717) is 17.8 Å². The number of hydrogen-bond acceptors (Lipinski definition) is 3. The molecule has 1 fully saturated rings. The average molecular weight is 271 g/mol. The van der Waals surface area contributed by atoms with Gasteiger partial charge in [-0.2, -0.15) is 5.26 Å². The number of amides is 2. The lowest BCUT2D eigenvalue weighted by molar-refractivity contribution is -0.129. The van der Waals surface area contributed by atoms with E-state index >= 15 is 0 Å². The maximum Gasteiger partial charge on any atom is 0.229 e. The van der Waals surface area contributed by atoms with Gasteiger partial charge in [-0.15, -0.1) is 0 Å². The molecule has 5 heteroatoms. The van der Waals surface area contributed by atoms with Crippen molar-refractivity contribution < 1.29 is 9.59 Å². The van der Waals surface area contributed by atoms with Crippen molar-refractivity contribution in [2.24, 2.45) is 5.92 Å². The van der Waals surface area contributed by atoms with Gasteiger partial charge in [-0.25, -0.2) is 0 Å². The summed E-state index contributed by atoms with van der Waals surface area (Å²) in [6.45, 7) is 4.36. The summed E-state index contributed by atoms with van der Waals surface area (Å²) >= 11 is 0. The first-order chi connectivity index (χ1) is 9.51. The van der Waals surface area contributed by atoms with Crippen LogP contribution < -0.4 is 5.32 Å². The van der Waals surface area contributed by atoms with Gasteiger partial charge in [-0.05, 0) is 38.1 Å². The van der Waals surface area contributed by atoms with Gasteiger partial charge in [0, 0.05) is 24.7 Å². The summed E-state index contributed by atoms with van der Waals surface area (Å²) in [6.07, 6.45) is 0.264. The van der Waals surface area contributed by atoms with E-state index in [1.807, 2.05) is 19.9 Å². The Kier molecular flexibility index (Phi) is 4.04. The molecule has 1 heterocycles. The first kappa shape index (κ1) is 14.1. The van der Waals surface area contributed by atoms with Crippen molar-refractivity contribution in [1.82, 2.24) is 4.90 Å². The van der Waals surface area contributed by atoms with Crippen LogP contribution in [0.15, 0.2) is 24.3 Å². The molecule has 0 spiro atoms. The minimum absolute atomic E-state index is 0.0278. The topological polar surface area (TPSA) is 73.2 Å². The molecule has 1 aromatic rings. The zero-order valence-corrected chi connectivity index (χ0v) is 11.6. The molecule has 2 rings (SSSR count). The molecule has 0 bridgehead atoms. The van der Waals surface area contributed by atoms with E-state index < -0.39 is 0 Å². The van der Waals surface area contributed by atoms with Gasteiger partial charge >= 0.3 is 0 Å². The first-order valence-electron chi connectivity index (χ1n) is 6.61. The lowest BCUT2D eigenvalue weighted by atomic mass is 10.1. The highest BCUT2D eigenvalue weighted by atomic mass is 16.2. The van der Waals surface area contributed by atoms with Crippen LogP contribution in [-0.2, 0) is 9.59 Å². The largest absolute Gasteiger partial charge is 0.339 e. The van der Waals surface area contributed by atoms with Gasteiger partial charge in [-0.3, -0.25) is 9.59 Å². The molecular formula is C15H17N3O2. The summed E-state index contributed by atoms with van der Waals surface area (Å²) in [7, 11) is 0. The van der Waals surface area contributed by atoms with E-state index in [9.17, 15) is 9.59 Å². The standard InChI is InChI=1S/C15H17N3O2/c1-10(2)18-9-12(7-14(18)19)15(20)17-13-5-3-11(8-16)4-6-13/h3-6,10,12H,7,9H2,1-2H3,(H,17,20)/t12-/m1/s1. The Hall–Kier alpha value is -2.35. The van der Waals surface area contributed by atoms with Crippen molar-refractivity contribution in [2.75, 3.05) is 11.9 Å². The average Bonchev–Trinajstić information content (AvgIpc) is 2.82. The van der Waals surface area contributed by atoms with E-state index in [1.54, 1.807) is 29.2 Å². The monoisotopic (exact) mass is 271 g/mol. The van der Waals surface area contributed by atoms with Crippen LogP contribution in [-0.4, -0.2) is 29.3 Å². The highest BCUT2D eigenvalue weighted by Crippen LogP contribution is 2.21. The smallest absolute Gasteiger partial charge is 0.229 e. The number of anilines is 1. The maximum absolute atomic E-state index is 12.1. The van der Waals surface area contributed by atoms with Gasteiger partial charge in [0.05, 0.1) is 17.6 Å². The van der Waals surface area contributed by atoms with Crippen LogP contribution in [0.5, 0.6) is 0 Å². The number of carbonyl (C=O) groups excluding carboxylic acids is 2. The minimum atomic E-state index is -0.305. The fourth-order valence-electron chi connectivity index (χ4n) is 2.28. The van der Waals surface area contributed by atoms with Gasteiger partial charge in [-0.1, -0.05) is 0 Å². The molecule has 0 unspecified atom stereocenters. The molecule has 0 aliphatic carbocycles. The molecular weight excluding hydrogens is 254 g/mol. The second-order valence-electron chi connectivity index (χ2n) is 5.22. The van der Waals surface area contributed by atoms with Gasteiger partial charge in [0.1, 0.15) is 0 Å².